The number of hydrogen-bond donors (Lipinski definition) is 0. The highest BCUT2D eigenvalue weighted by Crippen LogP contribution is 2.31. The van der Waals surface area contributed by atoms with Crippen LogP contribution >= 0.6 is 0 Å². The Labute approximate surface area is 93.0 Å². The van der Waals surface area contributed by atoms with Gasteiger partial charge < -0.3 is 4.90 Å². The summed E-state index contributed by atoms with van der Waals surface area (Å²) in [6.45, 7) is 0. The summed E-state index contributed by atoms with van der Waals surface area (Å²) in [7, 11) is 3.91. The summed E-state index contributed by atoms with van der Waals surface area (Å²) < 4.78 is 0. The normalized spacial score (nSPS) is 9.88. The Hall–Kier alpha value is -2.26. The monoisotopic (exact) mass is 213 g/mol. The Morgan fingerprint density at radius 2 is 2.12 bits per heavy atom. The molecule has 0 fully saturated rings. The van der Waals surface area contributed by atoms with Crippen LogP contribution in [0.2, 0.25) is 0 Å². The minimum atomic E-state index is 0.608. The maximum Gasteiger partial charge on any atom is 0.0939 e. The molecule has 0 amide bonds. The fourth-order valence-electron chi connectivity index (χ4n) is 1.64. The van der Waals surface area contributed by atoms with Gasteiger partial charge in [-0.2, -0.15) is 0 Å². The smallest absolute Gasteiger partial charge is 0.0939 e. The van der Waals surface area contributed by atoms with Gasteiger partial charge in [0.05, 0.1) is 11.2 Å². The van der Waals surface area contributed by atoms with Crippen molar-refractivity contribution in [2.75, 3.05) is 19.0 Å². The van der Waals surface area contributed by atoms with E-state index in [0.717, 1.165) is 16.6 Å². The Morgan fingerprint density at radius 1 is 1.31 bits per heavy atom. The van der Waals surface area contributed by atoms with Crippen LogP contribution in [0.1, 0.15) is 0 Å². The molecule has 0 spiro atoms. The lowest BCUT2D eigenvalue weighted by atomic mass is 10.1. The number of anilines is 1. The van der Waals surface area contributed by atoms with Crippen LogP contribution in [0.25, 0.3) is 21.3 Å². The van der Waals surface area contributed by atoms with Crippen molar-refractivity contribution < 1.29 is 0 Å². The molecule has 0 N–H and O–H groups in total. The van der Waals surface area contributed by atoms with Crippen LogP contribution in [0, 0.1) is 0 Å². The number of rotatable bonds is 2. The van der Waals surface area contributed by atoms with E-state index in [1.165, 1.54) is 0 Å². The van der Waals surface area contributed by atoms with E-state index >= 15 is 0 Å². The lowest BCUT2D eigenvalue weighted by molar-refractivity contribution is 1.13. The van der Waals surface area contributed by atoms with Crippen molar-refractivity contribution in [2.45, 2.75) is 0 Å². The van der Waals surface area contributed by atoms with Crippen LogP contribution in [0.4, 0.5) is 11.4 Å². The Kier molecular flexibility index (Phi) is 2.62. The Morgan fingerprint density at radius 3 is 2.81 bits per heavy atom. The van der Waals surface area contributed by atoms with Gasteiger partial charge in [0, 0.05) is 36.3 Å². The van der Waals surface area contributed by atoms with E-state index in [1.54, 1.807) is 12.3 Å². The first-order valence-corrected chi connectivity index (χ1v) is 4.84. The highest BCUT2D eigenvalue weighted by Gasteiger charge is 2.06. The van der Waals surface area contributed by atoms with Crippen molar-refractivity contribution in [3.8, 4) is 0 Å². The van der Waals surface area contributed by atoms with Crippen molar-refractivity contribution in [3.63, 3.8) is 0 Å². The molecule has 0 atom stereocenters. The predicted octanol–water partition coefficient (Wildman–Crippen LogP) is 3.24. The van der Waals surface area contributed by atoms with Gasteiger partial charge >= 0.3 is 0 Å². The van der Waals surface area contributed by atoms with Gasteiger partial charge in [-0.05, 0) is 23.7 Å². The third-order valence-electron chi connectivity index (χ3n) is 2.36. The predicted molar refractivity (Wildman–Crippen MR) is 64.9 cm³/mol. The molecule has 5 nitrogen and oxygen atoms in total. The molecule has 1 aromatic heterocycles. The summed E-state index contributed by atoms with van der Waals surface area (Å²) in [6.07, 6.45) is 1.73. The largest absolute Gasteiger partial charge is 0.376 e. The second-order valence-electron chi connectivity index (χ2n) is 3.59. The van der Waals surface area contributed by atoms with Gasteiger partial charge in [0.15, 0.2) is 0 Å². The zero-order valence-corrected chi connectivity index (χ0v) is 9.12. The molecular weight excluding hydrogens is 202 g/mol. The SMILES string of the molecule is CN(C)c1ccc(N=[N+]=[N-])c2cccnc12. The fraction of sp³-hybridized carbons (Fsp3) is 0.182. The van der Waals surface area contributed by atoms with Gasteiger partial charge in [0.25, 0.3) is 0 Å². The number of azide groups is 1. The van der Waals surface area contributed by atoms with Crippen molar-refractivity contribution in [3.05, 3.63) is 40.9 Å². The molecule has 0 unspecified atom stereocenters. The van der Waals surface area contributed by atoms with Gasteiger partial charge in [-0.15, -0.1) is 0 Å². The van der Waals surface area contributed by atoms with Crippen molar-refractivity contribution in [1.29, 1.82) is 0 Å². The third-order valence-corrected chi connectivity index (χ3v) is 2.36. The van der Waals surface area contributed by atoms with Gasteiger partial charge in [-0.25, -0.2) is 0 Å². The van der Waals surface area contributed by atoms with Crippen LogP contribution in [-0.4, -0.2) is 19.1 Å². The second kappa shape index (κ2) is 4.08. The molecule has 0 radical (unpaired) electrons. The number of benzene rings is 1. The molecule has 5 heteroatoms. The average molecular weight is 213 g/mol. The maximum absolute atomic E-state index is 8.49. The molecule has 0 aliphatic rings. The van der Waals surface area contributed by atoms with E-state index in [2.05, 4.69) is 15.0 Å². The van der Waals surface area contributed by atoms with Gasteiger partial charge in [0.1, 0.15) is 0 Å². The Bertz CT molecular complexity index is 570. The van der Waals surface area contributed by atoms with Gasteiger partial charge in [-0.1, -0.05) is 11.2 Å². The molecule has 0 bridgehead atoms. The molecule has 0 aliphatic carbocycles. The molecule has 0 saturated heterocycles. The molecule has 2 aromatic rings. The molecule has 2 rings (SSSR count). The standard InChI is InChI=1S/C11H11N5/c1-16(2)10-6-5-9(14-15-12)8-4-3-7-13-11(8)10/h3-7H,1-2H3. The summed E-state index contributed by atoms with van der Waals surface area (Å²) in [5, 5.41) is 4.52. The van der Waals surface area contributed by atoms with Crippen LogP contribution in [0.15, 0.2) is 35.6 Å². The Balaban J connectivity index is 2.81. The average Bonchev–Trinajstić information content (AvgIpc) is 2.29. The number of hydrogen-bond acceptors (Lipinski definition) is 3. The molecule has 80 valence electrons. The van der Waals surface area contributed by atoms with E-state index in [0.29, 0.717) is 5.69 Å². The molecular formula is C11H11N5. The van der Waals surface area contributed by atoms with Gasteiger partial charge in [-0.3, -0.25) is 4.98 Å². The zero-order valence-electron chi connectivity index (χ0n) is 9.12. The number of nitrogens with zero attached hydrogens (tertiary/aromatic N) is 5. The maximum atomic E-state index is 8.49. The molecule has 0 aliphatic heterocycles. The second-order valence-corrected chi connectivity index (χ2v) is 3.59. The van der Waals surface area contributed by atoms with E-state index in [4.69, 9.17) is 5.53 Å². The summed E-state index contributed by atoms with van der Waals surface area (Å²) in [5.41, 5.74) is 10.9. The lowest BCUT2D eigenvalue weighted by Gasteiger charge is -2.15. The van der Waals surface area contributed by atoms with Crippen LogP contribution < -0.4 is 4.90 Å². The van der Waals surface area contributed by atoms with Crippen LogP contribution in [0.5, 0.6) is 0 Å². The first-order chi connectivity index (χ1) is 7.74. The minimum Gasteiger partial charge on any atom is -0.376 e. The van der Waals surface area contributed by atoms with Crippen molar-refractivity contribution in [1.82, 2.24) is 4.98 Å². The first-order valence-electron chi connectivity index (χ1n) is 4.84. The minimum absolute atomic E-state index is 0.608. The molecule has 1 aromatic carbocycles. The van der Waals surface area contributed by atoms with E-state index < -0.39 is 0 Å². The zero-order chi connectivity index (χ0) is 11.5. The van der Waals surface area contributed by atoms with Crippen LogP contribution in [-0.2, 0) is 0 Å². The highest BCUT2D eigenvalue weighted by molar-refractivity contribution is 5.98. The summed E-state index contributed by atoms with van der Waals surface area (Å²) in [6, 6.07) is 7.44. The topological polar surface area (TPSA) is 64.9 Å². The quantitative estimate of drug-likeness (QED) is 0.436. The summed E-state index contributed by atoms with van der Waals surface area (Å²) in [5.74, 6) is 0. The molecule has 1 heterocycles. The van der Waals surface area contributed by atoms with Crippen molar-refractivity contribution in [2.24, 2.45) is 5.11 Å². The first kappa shape index (κ1) is 10.3. The number of aromatic nitrogens is 1. The van der Waals surface area contributed by atoms with E-state index in [9.17, 15) is 0 Å². The van der Waals surface area contributed by atoms with E-state index in [-0.39, 0.29) is 0 Å². The van der Waals surface area contributed by atoms with Gasteiger partial charge in [0.2, 0.25) is 0 Å². The molecule has 16 heavy (non-hydrogen) atoms. The summed E-state index contributed by atoms with van der Waals surface area (Å²) >= 11 is 0. The highest BCUT2D eigenvalue weighted by atomic mass is 15.1. The summed E-state index contributed by atoms with van der Waals surface area (Å²) in [4.78, 5) is 9.12. The van der Waals surface area contributed by atoms with Crippen molar-refractivity contribution >= 4 is 22.3 Å². The molecule has 0 saturated carbocycles. The van der Waals surface area contributed by atoms with E-state index in [1.807, 2.05) is 37.2 Å². The third kappa shape index (κ3) is 1.64. The van der Waals surface area contributed by atoms with Crippen LogP contribution in [0.3, 0.4) is 0 Å². The number of pyridine rings is 1. The lowest BCUT2D eigenvalue weighted by Crippen LogP contribution is -2.09. The fourth-order valence-corrected chi connectivity index (χ4v) is 1.64. The number of fused-ring (bicyclic) bond motifs is 1.